The second-order valence-corrected chi connectivity index (χ2v) is 13.4. The Balaban J connectivity index is 1.19. The predicted octanol–water partition coefficient (Wildman–Crippen LogP) is 8.49. The first-order valence-corrected chi connectivity index (χ1v) is 18.0. The number of aliphatic carboxylic acids is 1. The molecule has 5 aromatic rings. The standard InChI is InChI=1S/C45H49NO4/c1-3-49-43(45(47)48)32-37-19-25-40(26-20-37)50-29-28-46(2)44-41-27-21-35(16-14-33-10-6-4-7-11-33)30-39(41)24-23-38-22-18-36(31-42(38)44)17-15-34-12-8-5-9-13-34/h4-13,18-22,25-27,30-31,43-44H,3,14-17,23-24,28-29,32H2,1-2H3,(H,47,48). The van der Waals surface area contributed by atoms with Crippen LogP contribution >= 0.6 is 0 Å². The summed E-state index contributed by atoms with van der Waals surface area (Å²) in [6.45, 7) is 3.47. The van der Waals surface area contributed by atoms with Gasteiger partial charge in [0.05, 0.1) is 6.04 Å². The number of benzene rings is 5. The van der Waals surface area contributed by atoms with Gasteiger partial charge in [-0.2, -0.15) is 0 Å². The van der Waals surface area contributed by atoms with Crippen molar-refractivity contribution in [1.82, 2.24) is 4.90 Å². The number of likely N-dealkylation sites (N-methyl/N-ethyl adjacent to an activating group) is 1. The van der Waals surface area contributed by atoms with E-state index in [0.717, 1.165) is 56.4 Å². The van der Waals surface area contributed by atoms with E-state index < -0.39 is 12.1 Å². The van der Waals surface area contributed by atoms with Crippen LogP contribution in [0.5, 0.6) is 5.75 Å². The van der Waals surface area contributed by atoms with Crippen LogP contribution in [0.15, 0.2) is 121 Å². The molecule has 5 nitrogen and oxygen atoms in total. The molecule has 1 N–H and O–H groups in total. The third-order valence-electron chi connectivity index (χ3n) is 9.90. The Morgan fingerprint density at radius 1 is 0.700 bits per heavy atom. The molecule has 0 fully saturated rings. The summed E-state index contributed by atoms with van der Waals surface area (Å²) >= 11 is 0. The molecule has 5 heteroatoms. The number of rotatable bonds is 16. The molecule has 1 aliphatic carbocycles. The topological polar surface area (TPSA) is 59.0 Å². The van der Waals surface area contributed by atoms with Crippen LogP contribution in [0.3, 0.4) is 0 Å². The van der Waals surface area contributed by atoms with Crippen molar-refractivity contribution in [2.24, 2.45) is 0 Å². The van der Waals surface area contributed by atoms with Gasteiger partial charge in [0.1, 0.15) is 12.4 Å². The number of nitrogens with zero attached hydrogens (tertiary/aromatic N) is 1. The molecule has 0 amide bonds. The van der Waals surface area contributed by atoms with Gasteiger partial charge in [0, 0.05) is 19.6 Å². The molecule has 5 aromatic carbocycles. The molecule has 1 aliphatic rings. The minimum atomic E-state index is -0.941. The van der Waals surface area contributed by atoms with Crippen molar-refractivity contribution in [2.75, 3.05) is 26.8 Å². The molecular formula is C45H49NO4. The van der Waals surface area contributed by atoms with Gasteiger partial charge in [0.2, 0.25) is 0 Å². The molecule has 0 saturated carbocycles. The first kappa shape index (κ1) is 35.1. The quantitative estimate of drug-likeness (QED) is 0.114. The molecule has 2 atom stereocenters. The zero-order valence-electron chi connectivity index (χ0n) is 29.4. The fraction of sp³-hybridized carbons (Fsp3) is 0.311. The third kappa shape index (κ3) is 9.29. The molecule has 0 aliphatic heterocycles. The van der Waals surface area contributed by atoms with Crippen molar-refractivity contribution in [1.29, 1.82) is 0 Å². The second kappa shape index (κ2) is 17.3. The van der Waals surface area contributed by atoms with E-state index in [9.17, 15) is 9.90 Å². The van der Waals surface area contributed by atoms with Gasteiger partial charge in [-0.25, -0.2) is 4.79 Å². The van der Waals surface area contributed by atoms with Crippen molar-refractivity contribution >= 4 is 5.97 Å². The maximum atomic E-state index is 11.5. The van der Waals surface area contributed by atoms with Gasteiger partial charge in [0.15, 0.2) is 6.10 Å². The van der Waals surface area contributed by atoms with E-state index in [2.05, 4.69) is 109 Å². The average molecular weight is 668 g/mol. The summed E-state index contributed by atoms with van der Waals surface area (Å²) in [5.41, 5.74) is 12.1. The van der Waals surface area contributed by atoms with Crippen LogP contribution in [0.25, 0.3) is 0 Å². The Bertz CT molecular complexity index is 1820. The fourth-order valence-electron chi connectivity index (χ4n) is 7.15. The van der Waals surface area contributed by atoms with Crippen LogP contribution in [0.1, 0.15) is 63.0 Å². The van der Waals surface area contributed by atoms with Crippen LogP contribution in [0.4, 0.5) is 0 Å². The molecule has 6 rings (SSSR count). The number of carboxylic acids is 1. The number of carboxylic acid groups (broad SMARTS) is 1. The van der Waals surface area contributed by atoms with Crippen molar-refractivity contribution in [3.63, 3.8) is 0 Å². The summed E-state index contributed by atoms with van der Waals surface area (Å²) in [6.07, 6.45) is 5.65. The predicted molar refractivity (Wildman–Crippen MR) is 201 cm³/mol. The van der Waals surface area contributed by atoms with Crippen molar-refractivity contribution < 1.29 is 19.4 Å². The van der Waals surface area contributed by atoms with Crippen molar-refractivity contribution in [3.8, 4) is 5.75 Å². The Hall–Kier alpha value is -4.71. The van der Waals surface area contributed by atoms with Crippen LogP contribution in [-0.2, 0) is 54.5 Å². The SMILES string of the molecule is CCOC(Cc1ccc(OCCN(C)C2c3ccc(CCc4ccccc4)cc3CCc3ccc(CCc4ccccc4)cc32)cc1)C(=O)O. The van der Waals surface area contributed by atoms with E-state index in [4.69, 9.17) is 9.47 Å². The molecule has 0 radical (unpaired) electrons. The number of hydrogen-bond acceptors (Lipinski definition) is 4. The van der Waals surface area contributed by atoms with Crippen LogP contribution in [-0.4, -0.2) is 48.9 Å². The lowest BCUT2D eigenvalue weighted by atomic mass is 9.90. The van der Waals surface area contributed by atoms with E-state index in [1.165, 1.54) is 44.5 Å². The Labute approximate surface area is 297 Å². The Morgan fingerprint density at radius 3 is 1.92 bits per heavy atom. The van der Waals surface area contributed by atoms with Crippen LogP contribution < -0.4 is 4.74 Å². The van der Waals surface area contributed by atoms with Gasteiger partial charge in [-0.1, -0.05) is 109 Å². The highest BCUT2D eigenvalue weighted by Crippen LogP contribution is 2.37. The lowest BCUT2D eigenvalue weighted by molar-refractivity contribution is -0.149. The Morgan fingerprint density at radius 2 is 1.28 bits per heavy atom. The molecule has 258 valence electrons. The summed E-state index contributed by atoms with van der Waals surface area (Å²) in [5, 5.41) is 9.45. The maximum absolute atomic E-state index is 11.5. The molecule has 0 bridgehead atoms. The van der Waals surface area contributed by atoms with Gasteiger partial charge in [-0.3, -0.25) is 4.90 Å². The monoisotopic (exact) mass is 667 g/mol. The van der Waals surface area contributed by atoms with Gasteiger partial charge < -0.3 is 14.6 Å². The van der Waals surface area contributed by atoms with Crippen molar-refractivity contribution in [3.05, 3.63) is 171 Å². The molecule has 0 spiro atoms. The van der Waals surface area contributed by atoms with E-state index in [1.54, 1.807) is 0 Å². The smallest absolute Gasteiger partial charge is 0.333 e. The van der Waals surface area contributed by atoms with Gasteiger partial charge in [-0.15, -0.1) is 0 Å². The number of hydrogen-bond donors (Lipinski definition) is 1. The minimum absolute atomic E-state index is 0.125. The molecule has 50 heavy (non-hydrogen) atoms. The van der Waals surface area contributed by atoms with Gasteiger partial charge >= 0.3 is 5.97 Å². The fourth-order valence-corrected chi connectivity index (χ4v) is 7.15. The first-order chi connectivity index (χ1) is 24.5. The summed E-state index contributed by atoms with van der Waals surface area (Å²) in [4.78, 5) is 14.0. The molecular weight excluding hydrogens is 618 g/mol. The normalized spacial score (nSPS) is 14.4. The highest BCUT2D eigenvalue weighted by atomic mass is 16.5. The summed E-state index contributed by atoms with van der Waals surface area (Å²) < 4.78 is 11.6. The number of aryl methyl sites for hydroxylation is 6. The molecule has 0 saturated heterocycles. The molecule has 2 unspecified atom stereocenters. The van der Waals surface area contributed by atoms with E-state index in [1.807, 2.05) is 31.2 Å². The highest BCUT2D eigenvalue weighted by Gasteiger charge is 2.28. The van der Waals surface area contributed by atoms with Crippen LogP contribution in [0, 0.1) is 0 Å². The lowest BCUT2D eigenvalue weighted by Crippen LogP contribution is -2.30. The highest BCUT2D eigenvalue weighted by molar-refractivity contribution is 5.72. The summed E-state index contributed by atoms with van der Waals surface area (Å²) in [7, 11) is 2.22. The van der Waals surface area contributed by atoms with E-state index in [0.29, 0.717) is 19.6 Å². The summed E-state index contributed by atoms with van der Waals surface area (Å²) in [6, 6.07) is 43.7. The maximum Gasteiger partial charge on any atom is 0.333 e. The largest absolute Gasteiger partial charge is 0.492 e. The van der Waals surface area contributed by atoms with E-state index in [-0.39, 0.29) is 6.04 Å². The number of fused-ring (bicyclic) bond motifs is 2. The number of carbonyl (C=O) groups is 1. The zero-order valence-corrected chi connectivity index (χ0v) is 29.4. The van der Waals surface area contributed by atoms with E-state index >= 15 is 0 Å². The summed E-state index contributed by atoms with van der Waals surface area (Å²) in [5.74, 6) is -0.165. The van der Waals surface area contributed by atoms with Gasteiger partial charge in [-0.05, 0) is 115 Å². The molecule has 0 aromatic heterocycles. The lowest BCUT2D eigenvalue weighted by Gasteiger charge is -2.31. The Kier molecular flexibility index (Phi) is 12.1. The second-order valence-electron chi connectivity index (χ2n) is 13.4. The minimum Gasteiger partial charge on any atom is -0.492 e. The zero-order chi connectivity index (χ0) is 34.7. The molecule has 0 heterocycles. The van der Waals surface area contributed by atoms with Gasteiger partial charge in [0.25, 0.3) is 0 Å². The van der Waals surface area contributed by atoms with Crippen LogP contribution in [0.2, 0.25) is 0 Å². The average Bonchev–Trinajstić information content (AvgIpc) is 3.30. The third-order valence-corrected chi connectivity index (χ3v) is 9.90. The first-order valence-electron chi connectivity index (χ1n) is 18.0. The number of ether oxygens (including phenoxy) is 2. The van der Waals surface area contributed by atoms with Crippen molar-refractivity contribution in [2.45, 2.75) is 64.0 Å².